The molecule has 0 atom stereocenters. The Balaban J connectivity index is 2.00. The van der Waals surface area contributed by atoms with Crippen molar-refractivity contribution >= 4 is 23.2 Å². The fraction of sp³-hybridized carbons (Fsp3) is 0.286. The lowest BCUT2D eigenvalue weighted by atomic mass is 10.1. The number of hydrogen-bond acceptors (Lipinski definition) is 5. The van der Waals surface area contributed by atoms with Gasteiger partial charge in [0.2, 0.25) is 0 Å². The third kappa shape index (κ3) is 3.70. The summed E-state index contributed by atoms with van der Waals surface area (Å²) in [7, 11) is 3.97. The minimum absolute atomic E-state index is 0.0957. The van der Waals surface area contributed by atoms with E-state index in [0.717, 1.165) is 11.0 Å². The van der Waals surface area contributed by atoms with Crippen molar-refractivity contribution in [2.45, 2.75) is 19.4 Å². The first-order valence-electron chi connectivity index (χ1n) is 9.10. The van der Waals surface area contributed by atoms with E-state index in [-0.39, 0.29) is 30.2 Å². The number of carbonyl (C=O) groups excluding carboxylic acids is 2. The van der Waals surface area contributed by atoms with Gasteiger partial charge in [0.15, 0.2) is 28.9 Å². The molecule has 0 spiro atoms. The zero-order valence-corrected chi connectivity index (χ0v) is 16.9. The van der Waals surface area contributed by atoms with Crippen molar-refractivity contribution in [3.63, 3.8) is 0 Å². The zero-order valence-electron chi connectivity index (χ0n) is 16.9. The molecule has 1 aromatic carbocycles. The van der Waals surface area contributed by atoms with Gasteiger partial charge in [-0.2, -0.15) is 0 Å². The second kappa shape index (κ2) is 8.48. The highest BCUT2D eigenvalue weighted by Crippen LogP contribution is 2.40. The lowest BCUT2D eigenvalue weighted by molar-refractivity contribution is -0.114. The predicted octanol–water partition coefficient (Wildman–Crippen LogP) is 3.64. The van der Waals surface area contributed by atoms with Crippen molar-refractivity contribution in [2.24, 2.45) is 0 Å². The number of rotatable bonds is 7. The first kappa shape index (κ1) is 21.2. The summed E-state index contributed by atoms with van der Waals surface area (Å²) in [5.41, 5.74) is 1.21. The van der Waals surface area contributed by atoms with Gasteiger partial charge >= 0.3 is 6.03 Å². The largest absolute Gasteiger partial charge is 0.493 e. The summed E-state index contributed by atoms with van der Waals surface area (Å²) in [6.07, 6.45) is 3.42. The molecule has 1 aromatic heterocycles. The molecular weight excluding hydrogens is 396 g/mol. The van der Waals surface area contributed by atoms with Gasteiger partial charge in [-0.1, -0.05) is 6.58 Å². The van der Waals surface area contributed by atoms with Crippen LogP contribution < -0.4 is 19.3 Å². The summed E-state index contributed by atoms with van der Waals surface area (Å²) < 4.78 is 39.7. The lowest BCUT2D eigenvalue weighted by Gasteiger charge is -2.35. The number of carbonyl (C=O) groups is 2. The van der Waals surface area contributed by atoms with Crippen LogP contribution in [0.5, 0.6) is 11.5 Å². The van der Waals surface area contributed by atoms with Crippen LogP contribution in [0.3, 0.4) is 0 Å². The number of methoxy groups -OCH3 is 2. The first-order chi connectivity index (χ1) is 14.3. The molecule has 3 rings (SSSR count). The Labute approximate surface area is 172 Å². The number of ether oxygens (including phenoxy) is 2. The number of urea groups is 1. The number of nitrogens with zero attached hydrogens (tertiary/aromatic N) is 3. The number of aromatic nitrogens is 1. The van der Waals surface area contributed by atoms with Crippen LogP contribution in [0.25, 0.3) is 0 Å². The average Bonchev–Trinajstić information content (AvgIpc) is 2.75. The highest BCUT2D eigenvalue weighted by Gasteiger charge is 2.35. The van der Waals surface area contributed by atoms with Gasteiger partial charge in [0.1, 0.15) is 5.69 Å². The van der Waals surface area contributed by atoms with Crippen molar-refractivity contribution in [1.82, 2.24) is 4.98 Å². The van der Waals surface area contributed by atoms with Crippen LogP contribution >= 0.6 is 0 Å². The Morgan fingerprint density at radius 1 is 1.23 bits per heavy atom. The fourth-order valence-corrected chi connectivity index (χ4v) is 3.25. The monoisotopic (exact) mass is 417 g/mol. The highest BCUT2D eigenvalue weighted by atomic mass is 19.1. The molecule has 0 saturated carbocycles. The van der Waals surface area contributed by atoms with Crippen LogP contribution in [-0.2, 0) is 17.8 Å². The number of hydrogen-bond donors (Lipinski definition) is 0. The number of amides is 2. The molecule has 0 unspecified atom stereocenters. The summed E-state index contributed by atoms with van der Waals surface area (Å²) in [6, 6.07) is 2.15. The van der Waals surface area contributed by atoms with Gasteiger partial charge in [0.25, 0.3) is 0 Å². The number of ketones is 1. The average molecular weight is 417 g/mol. The van der Waals surface area contributed by atoms with Crippen LogP contribution in [0, 0.1) is 11.6 Å². The Morgan fingerprint density at radius 2 is 1.87 bits per heavy atom. The minimum atomic E-state index is -1.01. The van der Waals surface area contributed by atoms with E-state index in [1.165, 1.54) is 38.4 Å². The van der Waals surface area contributed by atoms with E-state index in [9.17, 15) is 18.4 Å². The van der Waals surface area contributed by atoms with Gasteiger partial charge < -0.3 is 9.47 Å². The molecule has 1 aliphatic rings. The minimum Gasteiger partial charge on any atom is -0.493 e. The summed E-state index contributed by atoms with van der Waals surface area (Å²) in [5.74, 6) is -2.61. The molecule has 0 aliphatic carbocycles. The second-order valence-corrected chi connectivity index (χ2v) is 6.66. The molecule has 158 valence electrons. The Bertz CT molecular complexity index is 998. The molecule has 2 amide bonds. The smallest absolute Gasteiger partial charge is 0.329 e. The number of benzene rings is 1. The molecule has 2 heterocycles. The molecule has 0 saturated heterocycles. The molecule has 0 bridgehead atoms. The molecule has 1 aliphatic heterocycles. The maximum atomic E-state index is 14.9. The number of halogens is 2. The van der Waals surface area contributed by atoms with Gasteiger partial charge in [-0.05, 0) is 18.6 Å². The Kier molecular flexibility index (Phi) is 6.00. The number of fused-ring (bicyclic) bond motifs is 1. The Morgan fingerprint density at radius 3 is 2.43 bits per heavy atom. The number of aryl methyl sites for hydroxylation is 1. The second-order valence-electron chi connectivity index (χ2n) is 6.66. The van der Waals surface area contributed by atoms with Crippen LogP contribution in [-0.4, -0.2) is 38.1 Å². The summed E-state index contributed by atoms with van der Waals surface area (Å²) in [5, 5.41) is 0. The predicted molar refractivity (Wildman–Crippen MR) is 107 cm³/mol. The quantitative estimate of drug-likeness (QED) is 0.644. The van der Waals surface area contributed by atoms with E-state index in [4.69, 9.17) is 9.47 Å². The number of allylic oxidation sites excluding steroid dienone is 1. The molecule has 0 fully saturated rings. The zero-order chi connectivity index (χ0) is 22.0. The molecule has 0 radical (unpaired) electrons. The third-order valence-corrected chi connectivity index (χ3v) is 4.90. The van der Waals surface area contributed by atoms with E-state index in [0.29, 0.717) is 23.4 Å². The van der Waals surface area contributed by atoms with Crippen molar-refractivity contribution in [2.75, 3.05) is 31.1 Å². The fourth-order valence-electron chi connectivity index (χ4n) is 3.25. The molecule has 2 aromatic rings. The normalized spacial score (nSPS) is 13.2. The SMILES string of the molecule is C=CC(=O)CCc1cc2c(cn1)CN(c1c(F)c(OC)cc(OC)c1F)C(=O)N2C. The topological polar surface area (TPSA) is 72.0 Å². The van der Waals surface area contributed by atoms with Crippen LogP contribution in [0.2, 0.25) is 0 Å². The van der Waals surface area contributed by atoms with E-state index in [1.54, 1.807) is 6.07 Å². The van der Waals surface area contributed by atoms with Crippen molar-refractivity contribution in [1.29, 1.82) is 0 Å². The van der Waals surface area contributed by atoms with Gasteiger partial charge in [-0.25, -0.2) is 13.6 Å². The summed E-state index contributed by atoms with van der Waals surface area (Å²) in [6.45, 7) is 3.34. The lowest BCUT2D eigenvalue weighted by Crippen LogP contribution is -2.46. The molecule has 9 heteroatoms. The standard InChI is InChI=1S/C21H21F2N3O4/c1-5-14(27)7-6-13-8-15-12(10-24-13)11-26(21(28)25(15)2)20-18(22)16(29-3)9-17(30-4)19(20)23/h5,8-10H,1,6-7,11H2,2-4H3. The van der Waals surface area contributed by atoms with Gasteiger partial charge in [-0.15, -0.1) is 0 Å². The maximum Gasteiger partial charge on any atom is 0.329 e. The van der Waals surface area contributed by atoms with Gasteiger partial charge in [0.05, 0.1) is 26.5 Å². The van der Waals surface area contributed by atoms with E-state index < -0.39 is 23.4 Å². The summed E-state index contributed by atoms with van der Waals surface area (Å²) >= 11 is 0. The third-order valence-electron chi connectivity index (χ3n) is 4.90. The van der Waals surface area contributed by atoms with E-state index in [2.05, 4.69) is 11.6 Å². The molecule has 7 nitrogen and oxygen atoms in total. The highest BCUT2D eigenvalue weighted by molar-refractivity contribution is 6.06. The van der Waals surface area contributed by atoms with Crippen LogP contribution in [0.1, 0.15) is 17.7 Å². The van der Waals surface area contributed by atoms with E-state index in [1.807, 2.05) is 0 Å². The van der Waals surface area contributed by atoms with Crippen molar-refractivity contribution < 1.29 is 27.8 Å². The van der Waals surface area contributed by atoms with Gasteiger partial charge in [0, 0.05) is 37.0 Å². The number of anilines is 2. The van der Waals surface area contributed by atoms with Crippen molar-refractivity contribution in [3.8, 4) is 11.5 Å². The number of pyridine rings is 1. The van der Waals surface area contributed by atoms with Crippen molar-refractivity contribution in [3.05, 3.63) is 53.9 Å². The van der Waals surface area contributed by atoms with E-state index >= 15 is 0 Å². The van der Waals surface area contributed by atoms with Crippen LogP contribution in [0.15, 0.2) is 31.0 Å². The first-order valence-corrected chi connectivity index (χ1v) is 9.10. The molecule has 30 heavy (non-hydrogen) atoms. The summed E-state index contributed by atoms with van der Waals surface area (Å²) in [4.78, 5) is 31.0. The Hall–Kier alpha value is -3.49. The maximum absolute atomic E-state index is 14.9. The molecule has 0 N–H and O–H groups in total. The molecular formula is C21H21F2N3O4. The van der Waals surface area contributed by atoms with Crippen LogP contribution in [0.4, 0.5) is 25.0 Å². The van der Waals surface area contributed by atoms with Gasteiger partial charge in [-0.3, -0.25) is 19.6 Å².